The molecule has 4 nitrogen and oxygen atoms in total. The molecule has 0 aliphatic heterocycles. The summed E-state index contributed by atoms with van der Waals surface area (Å²) in [5.41, 5.74) is 1.24. The molecule has 3 aromatic rings. The molecule has 0 spiro atoms. The van der Waals surface area contributed by atoms with E-state index in [0.29, 0.717) is 5.92 Å². The van der Waals surface area contributed by atoms with Crippen molar-refractivity contribution in [1.82, 2.24) is 14.9 Å². The molecule has 1 N–H and O–H groups in total. The number of rotatable bonds is 4. The van der Waals surface area contributed by atoms with Gasteiger partial charge in [-0.1, -0.05) is 18.5 Å². The Morgan fingerprint density at radius 3 is 2.96 bits per heavy atom. The number of nitrogens with one attached hydrogen (secondary N) is 1. The van der Waals surface area contributed by atoms with E-state index in [0.717, 1.165) is 46.2 Å². The molecule has 0 unspecified atom stereocenters. The summed E-state index contributed by atoms with van der Waals surface area (Å²) in [6.45, 7) is 5.14. The quantitative estimate of drug-likeness (QED) is 0.660. The molecule has 0 amide bonds. The van der Waals surface area contributed by atoms with Crippen LogP contribution in [0.1, 0.15) is 47.5 Å². The first-order valence-corrected chi connectivity index (χ1v) is 10.9. The summed E-state index contributed by atoms with van der Waals surface area (Å²) in [6.07, 6.45) is 3.22. The van der Waals surface area contributed by atoms with Crippen LogP contribution in [-0.2, 0) is 19.4 Å². The average Bonchev–Trinajstić information content (AvgIpc) is 3.16. The topological polar surface area (TPSA) is 49.0 Å². The third kappa shape index (κ3) is 3.36. The lowest BCUT2D eigenvalue weighted by Gasteiger charge is -2.23. The maximum Gasteiger partial charge on any atom is 0.259 e. The molecule has 3 heterocycles. The predicted molar refractivity (Wildman–Crippen MR) is 111 cm³/mol. The fraction of sp³-hybridized carbons (Fsp3) is 0.474. The van der Waals surface area contributed by atoms with Gasteiger partial charge < -0.3 is 4.98 Å². The largest absolute Gasteiger partial charge is 0.309 e. The maximum atomic E-state index is 12.8. The number of H-pyrrole nitrogens is 1. The van der Waals surface area contributed by atoms with Crippen molar-refractivity contribution in [3.63, 3.8) is 0 Å². The van der Waals surface area contributed by atoms with Crippen LogP contribution in [0.4, 0.5) is 0 Å². The van der Waals surface area contributed by atoms with Crippen molar-refractivity contribution in [3.05, 3.63) is 48.0 Å². The second-order valence-corrected chi connectivity index (χ2v) is 10.2. The van der Waals surface area contributed by atoms with Crippen molar-refractivity contribution < 1.29 is 0 Å². The molecule has 138 valence electrons. The van der Waals surface area contributed by atoms with Gasteiger partial charge in [0.1, 0.15) is 10.7 Å². The minimum atomic E-state index is 0.0106. The van der Waals surface area contributed by atoms with Gasteiger partial charge in [0.15, 0.2) is 0 Å². The van der Waals surface area contributed by atoms with Crippen molar-refractivity contribution >= 4 is 44.5 Å². The molecule has 2 atom stereocenters. The Balaban J connectivity index is 1.65. The van der Waals surface area contributed by atoms with E-state index in [1.54, 1.807) is 22.7 Å². The summed E-state index contributed by atoms with van der Waals surface area (Å²) < 4.78 is 0.799. The van der Waals surface area contributed by atoms with Crippen molar-refractivity contribution in [3.8, 4) is 0 Å². The zero-order valence-electron chi connectivity index (χ0n) is 15.1. The van der Waals surface area contributed by atoms with Crippen LogP contribution in [-0.4, -0.2) is 21.9 Å². The zero-order valence-corrected chi connectivity index (χ0v) is 17.5. The van der Waals surface area contributed by atoms with Gasteiger partial charge in [-0.05, 0) is 56.8 Å². The lowest BCUT2D eigenvalue weighted by Crippen LogP contribution is -2.25. The van der Waals surface area contributed by atoms with E-state index >= 15 is 0 Å². The van der Waals surface area contributed by atoms with Crippen LogP contribution in [0.2, 0.25) is 4.34 Å². The van der Waals surface area contributed by atoms with E-state index in [1.807, 2.05) is 19.2 Å². The third-order valence-electron chi connectivity index (χ3n) is 5.27. The normalized spacial score (nSPS) is 18.4. The minimum absolute atomic E-state index is 0.0106. The SMILES string of the molecule is C[C@@H]1CCc2c(sc3nc([C@H](C)N(C)Cc4ccc(Cl)s4)[nH]c(=O)c23)C1. The number of thiophene rings is 2. The Morgan fingerprint density at radius 2 is 2.23 bits per heavy atom. The van der Waals surface area contributed by atoms with E-state index in [1.165, 1.54) is 15.3 Å². The molecule has 1 aliphatic rings. The molecule has 3 aromatic heterocycles. The molecule has 0 aromatic carbocycles. The summed E-state index contributed by atoms with van der Waals surface area (Å²) in [5.74, 6) is 1.43. The fourth-order valence-electron chi connectivity index (χ4n) is 3.59. The predicted octanol–water partition coefficient (Wildman–Crippen LogP) is 5.02. The highest BCUT2D eigenvalue weighted by Gasteiger charge is 2.24. The first-order chi connectivity index (χ1) is 12.4. The van der Waals surface area contributed by atoms with Gasteiger partial charge in [-0.15, -0.1) is 22.7 Å². The lowest BCUT2D eigenvalue weighted by molar-refractivity contribution is 0.246. The van der Waals surface area contributed by atoms with E-state index in [-0.39, 0.29) is 11.6 Å². The van der Waals surface area contributed by atoms with Gasteiger partial charge in [-0.2, -0.15) is 0 Å². The Bertz CT molecular complexity index is 1010. The number of aromatic amines is 1. The van der Waals surface area contributed by atoms with E-state index < -0.39 is 0 Å². The molecule has 0 bridgehead atoms. The fourth-order valence-corrected chi connectivity index (χ4v) is 6.13. The van der Waals surface area contributed by atoms with Crippen LogP contribution in [0.5, 0.6) is 0 Å². The van der Waals surface area contributed by atoms with Crippen LogP contribution >= 0.6 is 34.3 Å². The number of fused-ring (bicyclic) bond motifs is 3. The van der Waals surface area contributed by atoms with Gasteiger partial charge in [0.25, 0.3) is 5.56 Å². The van der Waals surface area contributed by atoms with Crippen LogP contribution in [0.15, 0.2) is 16.9 Å². The molecule has 4 rings (SSSR count). The summed E-state index contributed by atoms with van der Waals surface area (Å²) in [5, 5.41) is 0.820. The molecule has 7 heteroatoms. The molecular weight excluding hydrogens is 386 g/mol. The van der Waals surface area contributed by atoms with Crippen LogP contribution in [0.3, 0.4) is 0 Å². The summed E-state index contributed by atoms with van der Waals surface area (Å²) in [7, 11) is 2.05. The smallest absolute Gasteiger partial charge is 0.259 e. The number of aryl methyl sites for hydroxylation is 1. The standard InChI is InChI=1S/C19H22ClN3OS2/c1-10-4-6-13-14(8-10)26-19-16(13)18(24)21-17(22-19)11(2)23(3)9-12-5-7-15(20)25-12/h5,7,10-11H,4,6,8-9H2,1-3H3,(H,21,22,24)/t10-,11+/m1/s1. The molecule has 1 aliphatic carbocycles. The van der Waals surface area contributed by atoms with Gasteiger partial charge in [-0.3, -0.25) is 9.69 Å². The summed E-state index contributed by atoms with van der Waals surface area (Å²) >= 11 is 9.32. The Kier molecular flexibility index (Phi) is 4.94. The van der Waals surface area contributed by atoms with Crippen LogP contribution in [0, 0.1) is 5.92 Å². The van der Waals surface area contributed by atoms with Gasteiger partial charge in [0.05, 0.1) is 15.8 Å². The third-order valence-corrected chi connectivity index (χ3v) is 7.64. The van der Waals surface area contributed by atoms with Crippen LogP contribution in [0.25, 0.3) is 10.2 Å². The van der Waals surface area contributed by atoms with Crippen molar-refractivity contribution in [1.29, 1.82) is 0 Å². The van der Waals surface area contributed by atoms with Crippen molar-refractivity contribution in [2.45, 2.75) is 45.7 Å². The number of halogens is 1. The maximum absolute atomic E-state index is 12.8. The monoisotopic (exact) mass is 407 g/mol. The van der Waals surface area contributed by atoms with E-state index in [2.05, 4.69) is 23.7 Å². The van der Waals surface area contributed by atoms with Gasteiger partial charge >= 0.3 is 0 Å². The van der Waals surface area contributed by atoms with E-state index in [9.17, 15) is 4.79 Å². The molecule has 0 radical (unpaired) electrons. The van der Waals surface area contributed by atoms with Gasteiger partial charge in [0, 0.05) is 16.3 Å². The Morgan fingerprint density at radius 1 is 1.42 bits per heavy atom. The number of hydrogen-bond acceptors (Lipinski definition) is 5. The second-order valence-electron chi connectivity index (χ2n) is 7.28. The second kappa shape index (κ2) is 7.08. The number of aromatic nitrogens is 2. The van der Waals surface area contributed by atoms with Gasteiger partial charge in [0.2, 0.25) is 0 Å². The molecule has 0 saturated heterocycles. The highest BCUT2D eigenvalue weighted by molar-refractivity contribution is 7.18. The molecule has 0 fully saturated rings. The summed E-state index contributed by atoms with van der Waals surface area (Å²) in [6, 6.07) is 3.99. The number of hydrogen-bond donors (Lipinski definition) is 1. The minimum Gasteiger partial charge on any atom is -0.309 e. The molecular formula is C19H22ClN3OS2. The van der Waals surface area contributed by atoms with Crippen molar-refractivity contribution in [2.24, 2.45) is 5.92 Å². The average molecular weight is 408 g/mol. The molecule has 0 saturated carbocycles. The van der Waals surface area contributed by atoms with Crippen LogP contribution < -0.4 is 5.56 Å². The molecule has 26 heavy (non-hydrogen) atoms. The summed E-state index contributed by atoms with van der Waals surface area (Å²) in [4.78, 5) is 26.3. The Labute approximate surface area is 165 Å². The number of nitrogens with zero attached hydrogens (tertiary/aromatic N) is 2. The zero-order chi connectivity index (χ0) is 18.4. The lowest BCUT2D eigenvalue weighted by atomic mass is 9.89. The highest BCUT2D eigenvalue weighted by Crippen LogP contribution is 2.36. The first-order valence-electron chi connectivity index (χ1n) is 8.91. The Hall–Kier alpha value is -1.21. The van der Waals surface area contributed by atoms with Gasteiger partial charge in [-0.25, -0.2) is 4.98 Å². The van der Waals surface area contributed by atoms with Crippen molar-refractivity contribution in [2.75, 3.05) is 7.05 Å². The highest BCUT2D eigenvalue weighted by atomic mass is 35.5. The van der Waals surface area contributed by atoms with E-state index in [4.69, 9.17) is 16.6 Å². The first kappa shape index (κ1) is 18.2.